The standard InChI is InChI=1S/C10H15ClN2O2S/c1-3-13(4-2)16(14,15)10-6-5-8(11)7-9(10)12/h5-7H,3-4,12H2,1-2H3. The molecule has 0 saturated heterocycles. The van der Waals surface area contributed by atoms with Gasteiger partial charge in [-0.2, -0.15) is 4.31 Å². The zero-order valence-corrected chi connectivity index (χ0v) is 10.8. The molecule has 1 rings (SSSR count). The minimum absolute atomic E-state index is 0.112. The van der Waals surface area contributed by atoms with Gasteiger partial charge < -0.3 is 5.73 Å². The molecule has 2 N–H and O–H groups in total. The van der Waals surface area contributed by atoms with Crippen LogP contribution in [0.4, 0.5) is 5.69 Å². The number of nitrogen functional groups attached to an aromatic ring is 1. The SMILES string of the molecule is CCN(CC)S(=O)(=O)c1ccc(Cl)cc1N. The van der Waals surface area contributed by atoms with Gasteiger partial charge >= 0.3 is 0 Å². The van der Waals surface area contributed by atoms with Crippen molar-refractivity contribution in [2.45, 2.75) is 18.7 Å². The van der Waals surface area contributed by atoms with Crippen molar-refractivity contribution in [1.29, 1.82) is 0 Å². The van der Waals surface area contributed by atoms with Crippen LogP contribution in [0.2, 0.25) is 5.02 Å². The summed E-state index contributed by atoms with van der Waals surface area (Å²) in [7, 11) is -3.50. The van der Waals surface area contributed by atoms with Gasteiger partial charge in [0.05, 0.1) is 5.69 Å². The molecule has 0 unspecified atom stereocenters. The highest BCUT2D eigenvalue weighted by molar-refractivity contribution is 7.89. The first-order valence-electron chi connectivity index (χ1n) is 4.98. The van der Waals surface area contributed by atoms with E-state index < -0.39 is 10.0 Å². The maximum atomic E-state index is 12.1. The van der Waals surface area contributed by atoms with Gasteiger partial charge in [-0.1, -0.05) is 25.4 Å². The topological polar surface area (TPSA) is 63.4 Å². The molecular weight excluding hydrogens is 248 g/mol. The largest absolute Gasteiger partial charge is 0.398 e. The van der Waals surface area contributed by atoms with Crippen molar-refractivity contribution in [3.63, 3.8) is 0 Å². The van der Waals surface area contributed by atoms with Crippen molar-refractivity contribution in [3.8, 4) is 0 Å². The van der Waals surface area contributed by atoms with Crippen LogP contribution >= 0.6 is 11.6 Å². The van der Waals surface area contributed by atoms with Crippen LogP contribution in [0.25, 0.3) is 0 Å². The molecule has 0 fully saturated rings. The third-order valence-corrected chi connectivity index (χ3v) is 4.65. The van der Waals surface area contributed by atoms with Crippen molar-refractivity contribution in [1.82, 2.24) is 4.31 Å². The summed E-state index contributed by atoms with van der Waals surface area (Å²) in [6.07, 6.45) is 0. The van der Waals surface area contributed by atoms with E-state index in [1.807, 2.05) is 0 Å². The summed E-state index contributed by atoms with van der Waals surface area (Å²) in [5, 5.41) is 0.427. The fourth-order valence-corrected chi connectivity index (χ4v) is 3.19. The fourth-order valence-electron chi connectivity index (χ4n) is 1.46. The molecule has 0 radical (unpaired) electrons. The Balaban J connectivity index is 3.27. The molecular formula is C10H15ClN2O2S. The molecule has 0 amide bonds. The lowest BCUT2D eigenvalue weighted by molar-refractivity contribution is 0.445. The molecule has 0 saturated carbocycles. The summed E-state index contributed by atoms with van der Waals surface area (Å²) in [6.45, 7) is 4.40. The molecule has 0 heterocycles. The fraction of sp³-hybridized carbons (Fsp3) is 0.400. The minimum Gasteiger partial charge on any atom is -0.398 e. The lowest BCUT2D eigenvalue weighted by atomic mass is 10.3. The van der Waals surface area contributed by atoms with Crippen LogP contribution in [0.15, 0.2) is 23.1 Å². The lowest BCUT2D eigenvalue weighted by Crippen LogP contribution is -2.31. The molecule has 6 heteroatoms. The second-order valence-corrected chi connectivity index (χ2v) is 5.61. The Morgan fingerprint density at radius 1 is 1.31 bits per heavy atom. The Kier molecular flexibility index (Phi) is 4.18. The van der Waals surface area contributed by atoms with Crippen LogP contribution in [-0.4, -0.2) is 25.8 Å². The number of sulfonamides is 1. The molecule has 0 spiro atoms. The second-order valence-electron chi connectivity index (χ2n) is 3.27. The van der Waals surface area contributed by atoms with Crippen LogP contribution in [0, 0.1) is 0 Å². The summed E-state index contributed by atoms with van der Waals surface area (Å²) < 4.78 is 25.6. The third kappa shape index (κ3) is 2.48. The number of nitrogens with zero attached hydrogens (tertiary/aromatic N) is 1. The quantitative estimate of drug-likeness (QED) is 0.844. The molecule has 90 valence electrons. The number of rotatable bonds is 4. The molecule has 0 aliphatic rings. The van der Waals surface area contributed by atoms with Crippen LogP contribution < -0.4 is 5.73 Å². The van der Waals surface area contributed by atoms with Crippen molar-refractivity contribution in [3.05, 3.63) is 23.2 Å². The lowest BCUT2D eigenvalue weighted by Gasteiger charge is -2.19. The molecule has 0 aliphatic heterocycles. The number of halogens is 1. The molecule has 4 nitrogen and oxygen atoms in total. The van der Waals surface area contributed by atoms with E-state index in [1.165, 1.54) is 22.5 Å². The van der Waals surface area contributed by atoms with Crippen molar-refractivity contribution >= 4 is 27.3 Å². The van der Waals surface area contributed by atoms with E-state index in [-0.39, 0.29) is 10.6 Å². The normalized spacial score (nSPS) is 12.0. The summed E-state index contributed by atoms with van der Waals surface area (Å²) in [6, 6.07) is 4.40. The molecule has 16 heavy (non-hydrogen) atoms. The minimum atomic E-state index is -3.50. The van der Waals surface area contributed by atoms with Gasteiger partial charge in [0.15, 0.2) is 0 Å². The highest BCUT2D eigenvalue weighted by Gasteiger charge is 2.23. The maximum absolute atomic E-state index is 12.1. The Morgan fingerprint density at radius 2 is 1.88 bits per heavy atom. The van der Waals surface area contributed by atoms with Gasteiger partial charge in [0.2, 0.25) is 10.0 Å². The van der Waals surface area contributed by atoms with Gasteiger partial charge in [0.25, 0.3) is 0 Å². The highest BCUT2D eigenvalue weighted by atomic mass is 35.5. The predicted octanol–water partition coefficient (Wildman–Crippen LogP) is 1.95. The van der Waals surface area contributed by atoms with E-state index in [9.17, 15) is 8.42 Å². The Labute approximate surface area is 101 Å². The van der Waals surface area contributed by atoms with Gasteiger partial charge in [-0.15, -0.1) is 0 Å². The van der Waals surface area contributed by atoms with E-state index >= 15 is 0 Å². The molecule has 0 aliphatic carbocycles. The monoisotopic (exact) mass is 262 g/mol. The number of nitrogens with two attached hydrogens (primary N) is 1. The van der Waals surface area contributed by atoms with Crippen LogP contribution in [0.5, 0.6) is 0 Å². The van der Waals surface area contributed by atoms with Crippen LogP contribution in [0.3, 0.4) is 0 Å². The smallest absolute Gasteiger partial charge is 0.245 e. The number of hydrogen-bond donors (Lipinski definition) is 1. The molecule has 0 bridgehead atoms. The van der Waals surface area contributed by atoms with E-state index in [1.54, 1.807) is 13.8 Å². The zero-order chi connectivity index (χ0) is 12.3. The summed E-state index contributed by atoms with van der Waals surface area (Å²) in [5.74, 6) is 0. The Bertz CT molecular complexity index is 470. The zero-order valence-electron chi connectivity index (χ0n) is 9.27. The van der Waals surface area contributed by atoms with Crippen LogP contribution in [-0.2, 0) is 10.0 Å². The second kappa shape index (κ2) is 5.03. The highest BCUT2D eigenvalue weighted by Crippen LogP contribution is 2.25. The average Bonchev–Trinajstić information content (AvgIpc) is 2.18. The summed E-state index contributed by atoms with van der Waals surface area (Å²) in [4.78, 5) is 0.112. The van der Waals surface area contributed by atoms with E-state index in [2.05, 4.69) is 0 Å². The van der Waals surface area contributed by atoms with Crippen LogP contribution in [0.1, 0.15) is 13.8 Å². The first kappa shape index (κ1) is 13.3. The average molecular weight is 263 g/mol. The van der Waals surface area contributed by atoms with Gasteiger partial charge in [0.1, 0.15) is 4.90 Å². The molecule has 1 aromatic rings. The third-order valence-electron chi connectivity index (χ3n) is 2.30. The molecule has 0 atom stereocenters. The maximum Gasteiger partial charge on any atom is 0.245 e. The summed E-state index contributed by atoms with van der Waals surface area (Å²) in [5.41, 5.74) is 5.84. The Morgan fingerprint density at radius 3 is 2.31 bits per heavy atom. The number of hydrogen-bond acceptors (Lipinski definition) is 3. The van der Waals surface area contributed by atoms with E-state index in [0.29, 0.717) is 18.1 Å². The van der Waals surface area contributed by atoms with Gasteiger partial charge in [-0.25, -0.2) is 8.42 Å². The van der Waals surface area contributed by atoms with E-state index in [0.717, 1.165) is 0 Å². The van der Waals surface area contributed by atoms with Gasteiger partial charge in [0, 0.05) is 18.1 Å². The van der Waals surface area contributed by atoms with Gasteiger partial charge in [-0.05, 0) is 18.2 Å². The van der Waals surface area contributed by atoms with Gasteiger partial charge in [-0.3, -0.25) is 0 Å². The Hall–Kier alpha value is -0.780. The first-order valence-corrected chi connectivity index (χ1v) is 6.80. The molecule has 1 aromatic carbocycles. The first-order chi connectivity index (χ1) is 7.43. The molecule has 0 aromatic heterocycles. The van der Waals surface area contributed by atoms with E-state index in [4.69, 9.17) is 17.3 Å². The summed E-state index contributed by atoms with van der Waals surface area (Å²) >= 11 is 5.73. The van der Waals surface area contributed by atoms with Crippen molar-refractivity contribution in [2.24, 2.45) is 0 Å². The predicted molar refractivity (Wildman–Crippen MR) is 66.0 cm³/mol. The van der Waals surface area contributed by atoms with Crippen molar-refractivity contribution in [2.75, 3.05) is 18.8 Å². The number of benzene rings is 1. The number of anilines is 1. The van der Waals surface area contributed by atoms with Crippen molar-refractivity contribution < 1.29 is 8.42 Å².